The number of hydrogen-bond acceptors (Lipinski definition) is 20. The van der Waals surface area contributed by atoms with Crippen molar-refractivity contribution in [2.75, 3.05) is 10.6 Å². The Kier molecular flexibility index (Phi) is 22.5. The molecule has 4 aromatic carbocycles. The Morgan fingerprint density at radius 2 is 1.37 bits per heavy atom. The summed E-state index contributed by atoms with van der Waals surface area (Å²) in [4.78, 5) is 33.4. The molecule has 1 aromatic heterocycles. The first-order valence-corrected chi connectivity index (χ1v) is 14.9. The summed E-state index contributed by atoms with van der Waals surface area (Å²) in [6.45, 7) is 0. The van der Waals surface area contributed by atoms with Gasteiger partial charge < -0.3 is 50.5 Å². The van der Waals surface area contributed by atoms with Crippen LogP contribution in [0.3, 0.4) is 0 Å². The molecule has 0 aliphatic rings. The zero-order valence-electron chi connectivity index (χ0n) is 27.4. The van der Waals surface area contributed by atoms with Crippen LogP contribution in [0.5, 0.6) is 11.8 Å². The number of anilines is 4. The molecule has 0 aliphatic heterocycles. The average Bonchev–Trinajstić information content (AvgIpc) is 3.02. The Hall–Kier alpha value is 0.575. The fraction of sp³-hybridized carbons (Fsp3) is 0. The number of benzene rings is 4. The molecule has 0 amide bonds. The van der Waals surface area contributed by atoms with Gasteiger partial charge >= 0.3 is 212 Å². The molecular weight excluding hydrogens is 835 g/mol. The first kappa shape index (κ1) is 50.6. The molecule has 52 heavy (non-hydrogen) atoms. The van der Waals surface area contributed by atoms with E-state index in [9.17, 15) is 48.2 Å². The van der Waals surface area contributed by atoms with E-state index in [-0.39, 0.29) is 261 Å². The number of aromatic carboxylic acids is 2. The topological polar surface area (TPSA) is 307 Å². The molecule has 0 atom stereocenters. The molecule has 0 radical (unpaired) electrons. The van der Waals surface area contributed by atoms with Crippen LogP contribution in [0, 0.1) is 0 Å². The minimum Gasteiger partial charge on any atom is -0.744 e. The third-order valence-electron chi connectivity index (χ3n) is 6.21. The number of carbonyl (C=O) groups is 2. The normalized spacial score (nSPS) is 10.7. The fourth-order valence-electron chi connectivity index (χ4n) is 4.24. The molecule has 0 aliphatic carbocycles. The van der Waals surface area contributed by atoms with Crippen LogP contribution in [0.4, 0.5) is 34.6 Å². The van der Waals surface area contributed by atoms with Gasteiger partial charge in [0, 0.05) is 22.2 Å². The zero-order chi connectivity index (χ0) is 34.6. The Morgan fingerprint density at radius 3 is 1.96 bits per heavy atom. The number of carboxylic acid groups (broad SMARTS) is 2. The minimum absolute atomic E-state index is 0. The van der Waals surface area contributed by atoms with Crippen molar-refractivity contribution in [3.05, 3.63) is 77.9 Å². The van der Waals surface area contributed by atoms with Gasteiger partial charge in [-0.1, -0.05) is 36.4 Å². The molecular formula is C27H15K4N7O12S2. The number of phenolic OH excluding ortho intramolecular Hbond substituents is 1. The standard InChI is InChI=1S/C27H19N7O12S2.4K/c35-22-20-12(10-19(47-46-45-41)21(22)34-33-17-8-4-2-6-15(17)24(38)39)9-13(48(42,43)44)11-18(20)29-26-30-25(31-27(40)32-26)28-16-7-3-1-5-14(16)23(36)37;;;;/h1-11,35,41H,(H,36,37)(H,38,39)(H,42,43,44)(H3,28,29,30,31,32,40);;;;/q;4*+1/p-4. The fourth-order valence-corrected chi connectivity index (χ4v) is 5.26. The molecule has 5 rings (SSSR count). The van der Waals surface area contributed by atoms with Crippen molar-refractivity contribution in [1.82, 2.24) is 15.0 Å². The summed E-state index contributed by atoms with van der Waals surface area (Å²) in [5.41, 5.74) is -1.65. The first-order chi connectivity index (χ1) is 22.8. The van der Waals surface area contributed by atoms with Crippen molar-refractivity contribution in [3.63, 3.8) is 0 Å². The second-order valence-corrected chi connectivity index (χ2v) is 11.3. The van der Waals surface area contributed by atoms with Crippen LogP contribution < -0.4 is 232 Å². The quantitative estimate of drug-likeness (QED) is 0.0226. The van der Waals surface area contributed by atoms with E-state index in [4.69, 9.17) is 0 Å². The molecule has 4 N–H and O–H groups in total. The summed E-state index contributed by atoms with van der Waals surface area (Å²) < 4.78 is 40.5. The summed E-state index contributed by atoms with van der Waals surface area (Å²) in [6, 6.07) is 12.7. The molecule has 0 bridgehead atoms. The molecule has 0 fully saturated rings. The van der Waals surface area contributed by atoms with Gasteiger partial charge in [-0.15, -0.1) is 10.2 Å². The molecule has 1 heterocycles. The van der Waals surface area contributed by atoms with E-state index < -0.39 is 56.3 Å². The van der Waals surface area contributed by atoms with Gasteiger partial charge in [-0.05, 0) is 35.7 Å². The number of nitrogens with zero attached hydrogens (tertiary/aromatic N) is 5. The number of hydrogen-bond donors (Lipinski definition) is 4. The Morgan fingerprint density at radius 1 is 0.788 bits per heavy atom. The summed E-state index contributed by atoms with van der Waals surface area (Å²) in [7, 11) is -5.16. The van der Waals surface area contributed by atoms with Gasteiger partial charge in [-0.25, -0.2) is 8.42 Å². The molecule has 25 heteroatoms. The van der Waals surface area contributed by atoms with Crippen molar-refractivity contribution in [2.45, 2.75) is 9.79 Å². The van der Waals surface area contributed by atoms with Gasteiger partial charge in [0.1, 0.15) is 15.8 Å². The first-order valence-electron chi connectivity index (χ1n) is 12.8. The second kappa shape index (κ2) is 23.1. The van der Waals surface area contributed by atoms with Crippen LogP contribution >= 0.6 is 12.0 Å². The third kappa shape index (κ3) is 13.1. The summed E-state index contributed by atoms with van der Waals surface area (Å²) in [6.07, 6.45) is 0. The number of aromatic hydroxyl groups is 2. The van der Waals surface area contributed by atoms with Crippen molar-refractivity contribution in [3.8, 4) is 11.8 Å². The molecule has 19 nitrogen and oxygen atoms in total. The van der Waals surface area contributed by atoms with Crippen molar-refractivity contribution in [2.24, 2.45) is 10.2 Å². The van der Waals surface area contributed by atoms with Gasteiger partial charge in [0.25, 0.3) is 0 Å². The van der Waals surface area contributed by atoms with Gasteiger partial charge in [-0.3, -0.25) is 5.04 Å². The number of phenols is 1. The minimum atomic E-state index is -5.16. The van der Waals surface area contributed by atoms with Gasteiger partial charge in [-0.2, -0.15) is 19.3 Å². The number of nitrogens with one attached hydrogen (secondary N) is 2. The van der Waals surface area contributed by atoms with Gasteiger partial charge in [0.2, 0.25) is 11.9 Å². The molecule has 246 valence electrons. The molecule has 5 aromatic rings. The maximum atomic E-state index is 12.1. The number of fused-ring (bicyclic) bond motifs is 1. The monoisotopic (exact) mass is 849 g/mol. The number of carboxylic acids is 2. The average molecular weight is 850 g/mol. The van der Waals surface area contributed by atoms with E-state index in [1.165, 1.54) is 48.5 Å². The van der Waals surface area contributed by atoms with Crippen LogP contribution in [0.15, 0.2) is 86.7 Å². The Balaban J connectivity index is 0.00000338. The van der Waals surface area contributed by atoms with Gasteiger partial charge in [0.15, 0.2) is 5.75 Å². The molecule has 0 saturated carbocycles. The second-order valence-electron chi connectivity index (χ2n) is 9.18. The smallest absolute Gasteiger partial charge is 0.744 e. The summed E-state index contributed by atoms with van der Waals surface area (Å²) in [5.74, 6) is -4.77. The third-order valence-corrected chi connectivity index (χ3v) is 7.64. The van der Waals surface area contributed by atoms with Crippen molar-refractivity contribution >= 4 is 79.5 Å². The maximum absolute atomic E-state index is 12.1. The van der Waals surface area contributed by atoms with E-state index in [2.05, 4.69) is 45.2 Å². The van der Waals surface area contributed by atoms with Crippen LogP contribution in [-0.2, 0) is 19.5 Å². The Labute approximate surface area is 467 Å². The van der Waals surface area contributed by atoms with E-state index in [0.717, 1.165) is 18.2 Å². The van der Waals surface area contributed by atoms with Crippen molar-refractivity contribution < 1.29 is 263 Å². The van der Waals surface area contributed by atoms with E-state index in [0.29, 0.717) is 0 Å². The zero-order valence-corrected chi connectivity index (χ0v) is 41.5. The van der Waals surface area contributed by atoms with E-state index in [1.54, 1.807) is 0 Å². The predicted octanol–water partition coefficient (Wildman–Crippen LogP) is -10.8. The number of aromatic nitrogens is 3. The summed E-state index contributed by atoms with van der Waals surface area (Å²) >= 11 is 0.207. The van der Waals surface area contributed by atoms with Crippen molar-refractivity contribution in [1.29, 1.82) is 0 Å². The van der Waals surface area contributed by atoms with Crippen LogP contribution in [-0.4, -0.2) is 50.1 Å². The SMILES string of the molecule is O=C([O-])c1ccccc1N=Nc1c(SOO[O-])cc2cc(S(=O)(=O)[O-])cc(Nc3nc(O)nc(Nc4ccccc4C(=O)[O-])n3)c2c1O.[K+].[K+].[K+].[K+]. The maximum Gasteiger partial charge on any atom is 1.00 e. The summed E-state index contributed by atoms with van der Waals surface area (Å²) in [5, 5.41) is 71.1. The number of azo groups is 1. The van der Waals surface area contributed by atoms with Crippen LogP contribution in [0.1, 0.15) is 20.7 Å². The largest absolute Gasteiger partial charge is 1.00 e. The predicted molar refractivity (Wildman–Crippen MR) is 155 cm³/mol. The molecule has 0 unspecified atom stereocenters. The van der Waals surface area contributed by atoms with E-state index >= 15 is 0 Å². The van der Waals surface area contributed by atoms with E-state index in [1.807, 2.05) is 0 Å². The van der Waals surface area contributed by atoms with Crippen LogP contribution in [0.25, 0.3) is 10.8 Å². The van der Waals surface area contributed by atoms with Crippen LogP contribution in [0.2, 0.25) is 0 Å². The Bertz CT molecular complexity index is 2240. The molecule has 0 saturated heterocycles. The number of rotatable bonds is 12. The number of para-hydroxylation sites is 1. The molecule has 0 spiro atoms. The number of carbonyl (C=O) groups excluding carboxylic acids is 2. The van der Waals surface area contributed by atoms with Gasteiger partial charge in [0.05, 0.1) is 45.1 Å².